The Morgan fingerprint density at radius 3 is 2.21 bits per heavy atom. The van der Waals surface area contributed by atoms with Crippen LogP contribution in [0.1, 0.15) is 62.4 Å². The molecule has 0 saturated heterocycles. The Kier molecular flexibility index (Phi) is 6.20. The average Bonchev–Trinajstić information content (AvgIpc) is 2.92. The summed E-state index contributed by atoms with van der Waals surface area (Å²) >= 11 is 0. The Bertz CT molecular complexity index is 1570. The summed E-state index contributed by atoms with van der Waals surface area (Å²) in [7, 11) is 0. The Morgan fingerprint density at radius 1 is 0.947 bits per heavy atom. The lowest BCUT2D eigenvalue weighted by Gasteiger charge is -2.42. The molecule has 0 fully saturated rings. The highest BCUT2D eigenvalue weighted by atomic mass is 16.4. The second kappa shape index (κ2) is 9.52. The lowest BCUT2D eigenvalue weighted by Crippen LogP contribution is -2.36. The SMILES string of the molecule is CC1(c2ccccc2)CC(c2c(C(N)=O)ccc(-c3ccccc3)c2C(=O)O)Nc2ccc(C(=N)N)cc21. The van der Waals surface area contributed by atoms with E-state index in [-0.39, 0.29) is 17.0 Å². The number of benzene rings is 4. The van der Waals surface area contributed by atoms with Crippen molar-refractivity contribution in [3.05, 3.63) is 124 Å². The van der Waals surface area contributed by atoms with Gasteiger partial charge in [-0.05, 0) is 52.9 Å². The standard InChI is InChI=1S/C31H28N4O3/c1-31(20-10-6-3-7-11-20)17-25(35-24-15-12-19(28(32)33)16-23(24)31)26-22(29(34)36)14-13-21(27(26)30(37)38)18-8-4-2-5-9-18/h2-16,25,35H,17H2,1H3,(H3,32,33)(H2,34,36)(H,37,38). The highest BCUT2D eigenvalue weighted by Crippen LogP contribution is 2.50. The van der Waals surface area contributed by atoms with E-state index in [1.54, 1.807) is 18.2 Å². The molecule has 0 bridgehead atoms. The molecular formula is C31H28N4O3. The second-order valence-corrected chi connectivity index (χ2v) is 9.76. The molecule has 0 radical (unpaired) electrons. The van der Waals surface area contributed by atoms with E-state index in [9.17, 15) is 14.7 Å². The summed E-state index contributed by atoms with van der Waals surface area (Å²) in [6, 6.07) is 27.4. The van der Waals surface area contributed by atoms with Gasteiger partial charge in [-0.3, -0.25) is 10.2 Å². The van der Waals surface area contributed by atoms with Gasteiger partial charge in [0.1, 0.15) is 5.84 Å². The lowest BCUT2D eigenvalue weighted by atomic mass is 9.67. The molecule has 0 aliphatic carbocycles. The van der Waals surface area contributed by atoms with E-state index in [0.29, 0.717) is 23.1 Å². The van der Waals surface area contributed by atoms with Crippen LogP contribution in [0.25, 0.3) is 11.1 Å². The van der Waals surface area contributed by atoms with Gasteiger partial charge in [-0.15, -0.1) is 0 Å². The molecule has 5 rings (SSSR count). The van der Waals surface area contributed by atoms with Crippen molar-refractivity contribution < 1.29 is 14.7 Å². The number of carboxylic acid groups (broad SMARTS) is 1. The number of nitrogens with one attached hydrogen (secondary N) is 2. The molecule has 0 aromatic heterocycles. The molecule has 4 aromatic carbocycles. The third-order valence-corrected chi connectivity index (χ3v) is 7.44. The predicted octanol–water partition coefficient (Wildman–Crippen LogP) is 5.30. The van der Waals surface area contributed by atoms with Gasteiger partial charge in [0.15, 0.2) is 0 Å². The number of amides is 1. The number of carbonyl (C=O) groups is 2. The van der Waals surface area contributed by atoms with Crippen LogP contribution >= 0.6 is 0 Å². The molecule has 0 saturated carbocycles. The fourth-order valence-corrected chi connectivity index (χ4v) is 5.59. The van der Waals surface area contributed by atoms with Crippen molar-refractivity contribution >= 4 is 23.4 Å². The molecular weight excluding hydrogens is 476 g/mol. The zero-order valence-corrected chi connectivity index (χ0v) is 20.9. The lowest BCUT2D eigenvalue weighted by molar-refractivity contribution is 0.0696. The molecule has 38 heavy (non-hydrogen) atoms. The van der Waals surface area contributed by atoms with Crippen LogP contribution in [-0.4, -0.2) is 22.8 Å². The quantitative estimate of drug-likeness (QED) is 0.179. The van der Waals surface area contributed by atoms with Crippen LogP contribution in [0.5, 0.6) is 0 Å². The first-order chi connectivity index (χ1) is 18.2. The first-order valence-corrected chi connectivity index (χ1v) is 12.3. The minimum atomic E-state index is -1.14. The maximum atomic E-state index is 12.8. The topological polar surface area (TPSA) is 142 Å². The van der Waals surface area contributed by atoms with Crippen LogP contribution in [0, 0.1) is 5.41 Å². The smallest absolute Gasteiger partial charge is 0.336 e. The molecule has 1 heterocycles. The third kappa shape index (κ3) is 4.18. The van der Waals surface area contributed by atoms with E-state index in [0.717, 1.165) is 22.4 Å². The number of carbonyl (C=O) groups excluding carboxylic acids is 1. The van der Waals surface area contributed by atoms with Crippen molar-refractivity contribution in [1.82, 2.24) is 0 Å². The van der Waals surface area contributed by atoms with E-state index in [4.69, 9.17) is 16.9 Å². The molecule has 1 aliphatic heterocycles. The Labute approximate surface area is 220 Å². The first-order valence-electron chi connectivity index (χ1n) is 12.3. The summed E-state index contributed by atoms with van der Waals surface area (Å²) in [4.78, 5) is 25.5. The van der Waals surface area contributed by atoms with E-state index in [1.165, 1.54) is 0 Å². The van der Waals surface area contributed by atoms with E-state index < -0.39 is 23.3 Å². The molecule has 7 heteroatoms. The molecule has 7 nitrogen and oxygen atoms in total. The Balaban J connectivity index is 1.78. The van der Waals surface area contributed by atoms with E-state index in [2.05, 4.69) is 12.2 Å². The van der Waals surface area contributed by atoms with Gasteiger partial charge in [0, 0.05) is 27.8 Å². The van der Waals surface area contributed by atoms with Crippen LogP contribution in [-0.2, 0) is 5.41 Å². The monoisotopic (exact) mass is 504 g/mol. The number of primary amides is 1. The van der Waals surface area contributed by atoms with Crippen LogP contribution in [0.15, 0.2) is 91.0 Å². The summed E-state index contributed by atoms with van der Waals surface area (Å²) in [6.45, 7) is 2.09. The molecule has 4 aromatic rings. The van der Waals surface area contributed by atoms with E-state index in [1.807, 2.05) is 72.8 Å². The van der Waals surface area contributed by atoms with Crippen molar-refractivity contribution in [2.24, 2.45) is 11.5 Å². The molecule has 1 amide bonds. The zero-order chi connectivity index (χ0) is 27.0. The number of hydrogen-bond acceptors (Lipinski definition) is 4. The van der Waals surface area contributed by atoms with Gasteiger partial charge in [0.25, 0.3) is 0 Å². The Morgan fingerprint density at radius 2 is 1.61 bits per heavy atom. The number of carboxylic acids is 1. The van der Waals surface area contributed by atoms with Crippen LogP contribution in [0.2, 0.25) is 0 Å². The number of fused-ring (bicyclic) bond motifs is 1. The van der Waals surface area contributed by atoms with Crippen molar-refractivity contribution in [2.45, 2.75) is 24.8 Å². The summed E-state index contributed by atoms with van der Waals surface area (Å²) < 4.78 is 0. The second-order valence-electron chi connectivity index (χ2n) is 9.76. The van der Waals surface area contributed by atoms with Gasteiger partial charge in [-0.25, -0.2) is 4.79 Å². The molecule has 1 aliphatic rings. The number of nitrogen functional groups attached to an aromatic ring is 1. The van der Waals surface area contributed by atoms with Crippen LogP contribution in [0.3, 0.4) is 0 Å². The van der Waals surface area contributed by atoms with Gasteiger partial charge in [0.05, 0.1) is 11.6 Å². The predicted molar refractivity (Wildman–Crippen MR) is 149 cm³/mol. The number of hydrogen-bond donors (Lipinski definition) is 5. The zero-order valence-electron chi connectivity index (χ0n) is 20.9. The van der Waals surface area contributed by atoms with Crippen molar-refractivity contribution in [2.75, 3.05) is 5.32 Å². The highest BCUT2D eigenvalue weighted by Gasteiger charge is 2.41. The van der Waals surface area contributed by atoms with Gasteiger partial charge in [-0.1, -0.05) is 73.7 Å². The molecule has 2 atom stereocenters. The van der Waals surface area contributed by atoms with Crippen molar-refractivity contribution in [3.63, 3.8) is 0 Å². The number of amidine groups is 1. The fourth-order valence-electron chi connectivity index (χ4n) is 5.59. The fraction of sp³-hybridized carbons (Fsp3) is 0.129. The maximum absolute atomic E-state index is 12.8. The van der Waals surface area contributed by atoms with Crippen molar-refractivity contribution in [3.8, 4) is 11.1 Å². The van der Waals surface area contributed by atoms with Crippen LogP contribution in [0.4, 0.5) is 5.69 Å². The van der Waals surface area contributed by atoms with E-state index >= 15 is 0 Å². The maximum Gasteiger partial charge on any atom is 0.336 e. The summed E-state index contributed by atoms with van der Waals surface area (Å²) in [5, 5.41) is 21.9. The summed E-state index contributed by atoms with van der Waals surface area (Å²) in [6.07, 6.45) is 0.435. The first kappa shape index (κ1) is 24.8. The Hall–Kier alpha value is -4.91. The average molecular weight is 505 g/mol. The van der Waals surface area contributed by atoms with Crippen LogP contribution < -0.4 is 16.8 Å². The summed E-state index contributed by atoms with van der Waals surface area (Å²) in [5.41, 5.74) is 16.2. The number of aromatic carboxylic acids is 1. The minimum Gasteiger partial charge on any atom is -0.478 e. The normalized spacial score (nSPS) is 18.2. The van der Waals surface area contributed by atoms with Gasteiger partial charge >= 0.3 is 5.97 Å². The molecule has 2 unspecified atom stereocenters. The number of anilines is 1. The molecule has 190 valence electrons. The molecule has 0 spiro atoms. The van der Waals surface area contributed by atoms with Gasteiger partial charge in [0.2, 0.25) is 5.91 Å². The minimum absolute atomic E-state index is 0.0370. The van der Waals surface area contributed by atoms with Crippen molar-refractivity contribution in [1.29, 1.82) is 5.41 Å². The van der Waals surface area contributed by atoms with Gasteiger partial charge in [-0.2, -0.15) is 0 Å². The van der Waals surface area contributed by atoms with Gasteiger partial charge < -0.3 is 21.9 Å². The summed E-state index contributed by atoms with van der Waals surface area (Å²) in [5.74, 6) is -1.86. The number of rotatable bonds is 6. The highest BCUT2D eigenvalue weighted by molar-refractivity contribution is 6.04. The third-order valence-electron chi connectivity index (χ3n) is 7.44. The number of nitrogens with two attached hydrogens (primary N) is 2. The largest absolute Gasteiger partial charge is 0.478 e. The molecule has 7 N–H and O–H groups in total.